The molecule has 0 radical (unpaired) electrons. The number of hydrogen-bond donors (Lipinski definition) is 2. The highest BCUT2D eigenvalue weighted by atomic mass is 32.1. The molecule has 1 unspecified atom stereocenters. The van der Waals surface area contributed by atoms with Crippen LogP contribution in [0.5, 0.6) is 11.5 Å². The van der Waals surface area contributed by atoms with Gasteiger partial charge >= 0.3 is 0 Å². The molecule has 17 heavy (non-hydrogen) atoms. The lowest BCUT2D eigenvalue weighted by atomic mass is 9.98. The molecule has 0 spiro atoms. The van der Waals surface area contributed by atoms with Gasteiger partial charge in [-0.15, -0.1) is 0 Å². The number of hydrogen-bond acceptors (Lipinski definition) is 4. The second-order valence-corrected chi connectivity index (χ2v) is 4.65. The van der Waals surface area contributed by atoms with Gasteiger partial charge < -0.3 is 14.8 Å². The van der Waals surface area contributed by atoms with Crippen molar-refractivity contribution < 1.29 is 9.47 Å². The van der Waals surface area contributed by atoms with Gasteiger partial charge in [0.05, 0.1) is 0 Å². The topological polar surface area (TPSA) is 30.5 Å². The van der Waals surface area contributed by atoms with Crippen molar-refractivity contribution in [3.8, 4) is 11.5 Å². The van der Waals surface area contributed by atoms with Gasteiger partial charge in [-0.3, -0.25) is 0 Å². The number of benzene rings is 1. The van der Waals surface area contributed by atoms with Crippen molar-refractivity contribution in [1.29, 1.82) is 0 Å². The molecule has 2 rings (SSSR count). The molecule has 1 aliphatic rings. The first-order chi connectivity index (χ1) is 8.26. The molecule has 1 heterocycles. The largest absolute Gasteiger partial charge is 0.486 e. The molecule has 0 saturated heterocycles. The third-order valence-electron chi connectivity index (χ3n) is 3.07. The van der Waals surface area contributed by atoms with Crippen LogP contribution in [0.15, 0.2) is 12.1 Å². The number of nitrogens with one attached hydrogen (secondary N) is 1. The minimum Gasteiger partial charge on any atom is -0.486 e. The van der Waals surface area contributed by atoms with E-state index in [1.54, 1.807) is 0 Å². The highest BCUT2D eigenvalue weighted by molar-refractivity contribution is 7.80. The molecule has 1 N–H and O–H groups in total. The fourth-order valence-electron chi connectivity index (χ4n) is 2.17. The number of thiol groups is 1. The average Bonchev–Trinajstić information content (AvgIpc) is 2.35. The molecule has 0 aromatic heterocycles. The first kappa shape index (κ1) is 12.6. The van der Waals surface area contributed by atoms with Crippen molar-refractivity contribution in [2.75, 3.05) is 26.0 Å². The summed E-state index contributed by atoms with van der Waals surface area (Å²) < 4.78 is 11.2. The second kappa shape index (κ2) is 5.65. The van der Waals surface area contributed by atoms with E-state index >= 15 is 0 Å². The lowest BCUT2D eigenvalue weighted by Crippen LogP contribution is -2.20. The van der Waals surface area contributed by atoms with Gasteiger partial charge in [0, 0.05) is 6.04 Å². The predicted octanol–water partition coefficient (Wildman–Crippen LogP) is 2.35. The third-order valence-corrected chi connectivity index (χ3v) is 3.33. The molecule has 0 bridgehead atoms. The number of ether oxygens (including phenoxy) is 2. The minimum atomic E-state index is 0.323. The maximum absolute atomic E-state index is 5.62. The van der Waals surface area contributed by atoms with E-state index in [2.05, 4.69) is 37.0 Å². The lowest BCUT2D eigenvalue weighted by Gasteiger charge is -2.23. The van der Waals surface area contributed by atoms with E-state index in [-0.39, 0.29) is 0 Å². The Labute approximate surface area is 108 Å². The molecule has 0 aliphatic carbocycles. The van der Waals surface area contributed by atoms with Crippen LogP contribution in [0.25, 0.3) is 0 Å². The van der Waals surface area contributed by atoms with Crippen LogP contribution in [-0.4, -0.2) is 26.0 Å². The molecule has 1 aromatic carbocycles. The maximum atomic E-state index is 5.62. The van der Waals surface area contributed by atoms with Crippen LogP contribution < -0.4 is 14.8 Å². The monoisotopic (exact) mass is 253 g/mol. The Bertz CT molecular complexity index is 395. The Balaban J connectivity index is 2.33. The van der Waals surface area contributed by atoms with Crippen molar-refractivity contribution in [3.05, 3.63) is 23.3 Å². The molecule has 3 nitrogen and oxygen atoms in total. The van der Waals surface area contributed by atoms with Crippen molar-refractivity contribution in [2.45, 2.75) is 19.4 Å². The zero-order valence-electron chi connectivity index (χ0n) is 10.3. The van der Waals surface area contributed by atoms with Crippen LogP contribution in [0.4, 0.5) is 0 Å². The quantitative estimate of drug-likeness (QED) is 0.808. The van der Waals surface area contributed by atoms with E-state index in [1.165, 1.54) is 11.1 Å². The normalized spacial score (nSPS) is 15.7. The number of rotatable bonds is 4. The molecule has 1 atom stereocenters. The van der Waals surface area contributed by atoms with Gasteiger partial charge in [0.15, 0.2) is 11.5 Å². The molecule has 0 saturated carbocycles. The van der Waals surface area contributed by atoms with Crippen molar-refractivity contribution in [3.63, 3.8) is 0 Å². The van der Waals surface area contributed by atoms with E-state index in [9.17, 15) is 0 Å². The molecule has 0 fully saturated rings. The Kier molecular flexibility index (Phi) is 4.18. The molecule has 4 heteroatoms. The highest BCUT2D eigenvalue weighted by Gasteiger charge is 2.18. The summed E-state index contributed by atoms with van der Waals surface area (Å²) in [6, 6.07) is 4.48. The summed E-state index contributed by atoms with van der Waals surface area (Å²) in [6.45, 7) is 3.38. The summed E-state index contributed by atoms with van der Waals surface area (Å²) in [5.41, 5.74) is 2.50. The maximum Gasteiger partial charge on any atom is 0.161 e. The van der Waals surface area contributed by atoms with Gasteiger partial charge in [0.25, 0.3) is 0 Å². The summed E-state index contributed by atoms with van der Waals surface area (Å²) in [5.74, 6) is 2.58. The standard InChI is InChI=1S/C13H19NO2S/c1-9-7-12-13(16-5-4-15-12)8-10(9)11(14-2)3-6-17/h7-8,11,14,17H,3-6H2,1-2H3. The zero-order valence-corrected chi connectivity index (χ0v) is 11.2. The van der Waals surface area contributed by atoms with Crippen LogP contribution in [0.2, 0.25) is 0 Å². The van der Waals surface area contributed by atoms with Crippen LogP contribution in [0, 0.1) is 6.92 Å². The predicted molar refractivity (Wildman–Crippen MR) is 72.4 cm³/mol. The average molecular weight is 253 g/mol. The molecule has 1 aromatic rings. The van der Waals surface area contributed by atoms with Crippen LogP contribution in [-0.2, 0) is 0 Å². The SMILES string of the molecule is CNC(CCS)c1cc2c(cc1C)OCCO2. The van der Waals surface area contributed by atoms with Crippen molar-refractivity contribution in [1.82, 2.24) is 5.32 Å². The van der Waals surface area contributed by atoms with Gasteiger partial charge in [-0.1, -0.05) is 0 Å². The Morgan fingerprint density at radius 2 is 1.94 bits per heavy atom. The zero-order chi connectivity index (χ0) is 12.3. The van der Waals surface area contributed by atoms with Gasteiger partial charge in [0.2, 0.25) is 0 Å². The van der Waals surface area contributed by atoms with Gasteiger partial charge in [-0.25, -0.2) is 0 Å². The number of fused-ring (bicyclic) bond motifs is 1. The van der Waals surface area contributed by atoms with Crippen LogP contribution in [0.3, 0.4) is 0 Å². The summed E-state index contributed by atoms with van der Waals surface area (Å²) in [5, 5.41) is 3.32. The Hall–Kier alpha value is -0.870. The summed E-state index contributed by atoms with van der Waals surface area (Å²) in [6.07, 6.45) is 1.00. The number of aryl methyl sites for hydroxylation is 1. The second-order valence-electron chi connectivity index (χ2n) is 4.21. The molecule has 1 aliphatic heterocycles. The fourth-order valence-corrected chi connectivity index (χ4v) is 2.42. The first-order valence-corrected chi connectivity index (χ1v) is 6.57. The van der Waals surface area contributed by atoms with E-state index in [0.717, 1.165) is 23.7 Å². The smallest absolute Gasteiger partial charge is 0.161 e. The summed E-state index contributed by atoms with van der Waals surface area (Å²) in [4.78, 5) is 0. The van der Waals surface area contributed by atoms with E-state index < -0.39 is 0 Å². The highest BCUT2D eigenvalue weighted by Crippen LogP contribution is 2.35. The van der Waals surface area contributed by atoms with E-state index in [4.69, 9.17) is 9.47 Å². The lowest BCUT2D eigenvalue weighted by molar-refractivity contribution is 0.171. The van der Waals surface area contributed by atoms with Crippen LogP contribution >= 0.6 is 12.6 Å². The summed E-state index contributed by atoms with van der Waals surface area (Å²) in [7, 11) is 1.98. The molecule has 0 amide bonds. The van der Waals surface area contributed by atoms with E-state index in [0.29, 0.717) is 19.3 Å². The van der Waals surface area contributed by atoms with Gasteiger partial charge in [-0.05, 0) is 49.4 Å². The van der Waals surface area contributed by atoms with Crippen molar-refractivity contribution in [2.24, 2.45) is 0 Å². The molecular weight excluding hydrogens is 234 g/mol. The van der Waals surface area contributed by atoms with Gasteiger partial charge in [-0.2, -0.15) is 12.6 Å². The fraction of sp³-hybridized carbons (Fsp3) is 0.538. The Morgan fingerprint density at radius 1 is 1.29 bits per heavy atom. The molecular formula is C13H19NO2S. The minimum absolute atomic E-state index is 0.323. The van der Waals surface area contributed by atoms with Gasteiger partial charge in [0.1, 0.15) is 13.2 Å². The Morgan fingerprint density at radius 3 is 2.53 bits per heavy atom. The molecule has 94 valence electrons. The van der Waals surface area contributed by atoms with Crippen molar-refractivity contribution >= 4 is 12.6 Å². The van der Waals surface area contributed by atoms with Crippen LogP contribution in [0.1, 0.15) is 23.6 Å². The van der Waals surface area contributed by atoms with E-state index in [1.807, 2.05) is 7.05 Å². The third kappa shape index (κ3) is 2.69. The first-order valence-electron chi connectivity index (χ1n) is 5.94. The summed E-state index contributed by atoms with van der Waals surface area (Å²) >= 11 is 4.30.